The summed E-state index contributed by atoms with van der Waals surface area (Å²) in [7, 11) is -4.90. The molecule has 0 radical (unpaired) electrons. The Morgan fingerprint density at radius 3 is 2.56 bits per heavy atom. The molecule has 0 saturated heterocycles. The fourth-order valence-corrected chi connectivity index (χ4v) is 3.85. The van der Waals surface area contributed by atoms with Gasteiger partial charge in [-0.1, -0.05) is 12.1 Å². The molecule has 1 atom stereocenters. The second kappa shape index (κ2) is 11.4. The van der Waals surface area contributed by atoms with E-state index in [1.54, 1.807) is 0 Å². The van der Waals surface area contributed by atoms with Gasteiger partial charge in [-0.25, -0.2) is 18.3 Å². The van der Waals surface area contributed by atoms with Crippen molar-refractivity contribution in [1.29, 1.82) is 5.41 Å². The number of anilines is 1. The summed E-state index contributed by atoms with van der Waals surface area (Å²) in [6, 6.07) is 8.19. The molecule has 11 nitrogen and oxygen atoms in total. The Morgan fingerprint density at radius 1 is 1.18 bits per heavy atom. The maximum Gasteiger partial charge on any atom is 0.471 e. The summed E-state index contributed by atoms with van der Waals surface area (Å²) in [5.41, 5.74) is -1.17. The molecule has 1 aromatic heterocycles. The van der Waals surface area contributed by atoms with Crippen molar-refractivity contribution in [2.45, 2.75) is 12.1 Å². The first-order chi connectivity index (χ1) is 18.4. The molecule has 1 aliphatic heterocycles. The van der Waals surface area contributed by atoms with Crippen LogP contribution in [0, 0.1) is 17.0 Å². The molecule has 1 amide bonds. The molecule has 2 heterocycles. The Balaban J connectivity index is 1.62. The van der Waals surface area contributed by atoms with Crippen LogP contribution in [0.2, 0.25) is 0 Å². The maximum atomic E-state index is 14.7. The number of dihydropyridines is 1. The number of nitrogens with one attached hydrogen (secondary N) is 2. The number of carbonyl (C=O) groups excluding carboxylic acids is 1. The Labute approximate surface area is 223 Å². The molecule has 0 aliphatic carbocycles. The molecular formula is C24H18ClF2N4O7P. The second-order valence-corrected chi connectivity index (χ2v) is 9.66. The normalized spacial score (nSPS) is 15.2. The number of alkyl halides is 1. The number of hydrogen-bond acceptors (Lipinski definition) is 6. The minimum absolute atomic E-state index is 0.0520. The largest absolute Gasteiger partial charge is 0.471 e. The van der Waals surface area contributed by atoms with Gasteiger partial charge in [0, 0.05) is 35.9 Å². The molecule has 0 spiro atoms. The van der Waals surface area contributed by atoms with E-state index >= 15 is 0 Å². The quantitative estimate of drug-likeness (QED) is 0.231. The van der Waals surface area contributed by atoms with E-state index in [1.807, 2.05) is 0 Å². The highest BCUT2D eigenvalue weighted by Gasteiger charge is 2.23. The van der Waals surface area contributed by atoms with Crippen molar-refractivity contribution in [3.05, 3.63) is 94.1 Å². The number of aromatic nitrogens is 1. The number of ether oxygens (including phenoxy) is 1. The zero-order chi connectivity index (χ0) is 28.3. The number of amidine groups is 1. The summed E-state index contributed by atoms with van der Waals surface area (Å²) in [5.74, 6) is -2.79. The van der Waals surface area contributed by atoms with Gasteiger partial charge in [-0.3, -0.25) is 19.5 Å². The zero-order valence-electron chi connectivity index (χ0n) is 19.5. The average Bonchev–Trinajstić information content (AvgIpc) is 2.87. The molecule has 1 aliphatic rings. The Hall–Kier alpha value is -4.00. The molecule has 39 heavy (non-hydrogen) atoms. The number of phosphoric acid groups is 1. The van der Waals surface area contributed by atoms with Crippen LogP contribution in [0.3, 0.4) is 0 Å². The van der Waals surface area contributed by atoms with Gasteiger partial charge in [-0.2, -0.15) is 0 Å². The fourth-order valence-electron chi connectivity index (χ4n) is 3.39. The number of amides is 1. The third-order valence-electron chi connectivity index (χ3n) is 5.21. The first-order valence-corrected chi connectivity index (χ1v) is 12.8. The van der Waals surface area contributed by atoms with Crippen molar-refractivity contribution in [2.75, 3.05) is 5.32 Å². The molecular weight excluding hydrogens is 561 g/mol. The Morgan fingerprint density at radius 2 is 1.90 bits per heavy atom. The number of phosphoric ester groups is 1. The number of halogens is 3. The summed E-state index contributed by atoms with van der Waals surface area (Å²) < 4.78 is 50.2. The highest BCUT2D eigenvalue weighted by molar-refractivity contribution is 7.46. The lowest BCUT2D eigenvalue weighted by atomic mass is 10.0. The highest BCUT2D eigenvalue weighted by atomic mass is 35.5. The van der Waals surface area contributed by atoms with E-state index in [-0.39, 0.29) is 34.2 Å². The van der Waals surface area contributed by atoms with Crippen LogP contribution in [0.4, 0.5) is 14.5 Å². The van der Waals surface area contributed by atoms with E-state index in [2.05, 4.69) is 14.8 Å². The zero-order valence-corrected chi connectivity index (χ0v) is 21.2. The minimum atomic E-state index is -4.90. The molecule has 15 heteroatoms. The molecule has 4 N–H and O–H groups in total. The molecule has 2 aromatic carbocycles. The van der Waals surface area contributed by atoms with Crippen LogP contribution in [0.25, 0.3) is 11.1 Å². The number of hydrogen-bond donors (Lipinski definition) is 4. The van der Waals surface area contributed by atoms with Gasteiger partial charge in [0.05, 0.1) is 0 Å². The molecule has 4 rings (SSSR count). The molecule has 0 saturated carbocycles. The van der Waals surface area contributed by atoms with E-state index in [0.29, 0.717) is 0 Å². The summed E-state index contributed by atoms with van der Waals surface area (Å²) in [5, 5.41) is 8.98. The summed E-state index contributed by atoms with van der Waals surface area (Å²) in [4.78, 5) is 47.9. The van der Waals surface area contributed by atoms with E-state index in [9.17, 15) is 22.9 Å². The third kappa shape index (κ3) is 6.91. The van der Waals surface area contributed by atoms with Gasteiger partial charge in [0.2, 0.25) is 5.43 Å². The number of benzene rings is 2. The molecule has 0 bridgehead atoms. The topological polar surface area (TPSA) is 163 Å². The van der Waals surface area contributed by atoms with Gasteiger partial charge in [0.1, 0.15) is 29.7 Å². The van der Waals surface area contributed by atoms with Crippen molar-refractivity contribution in [3.63, 3.8) is 0 Å². The molecule has 202 valence electrons. The minimum Gasteiger partial charge on any atom is -0.457 e. The number of pyridine rings is 1. The number of aliphatic imine (C=N–C) groups is 1. The van der Waals surface area contributed by atoms with Gasteiger partial charge < -0.3 is 24.4 Å². The Kier molecular flexibility index (Phi) is 8.19. The number of allylic oxidation sites excluding steroid dienone is 1. The van der Waals surface area contributed by atoms with Crippen molar-refractivity contribution in [1.82, 2.24) is 4.57 Å². The van der Waals surface area contributed by atoms with Crippen LogP contribution in [0.1, 0.15) is 10.4 Å². The maximum absolute atomic E-state index is 14.7. The SMILES string of the molecule is N=C1N=CC=C(Oc2ccc(NC(=O)c3cn(COP(=O)(O)O)cc(-c4ccc(F)cc4)c3=O)cc2F)C1Cl. The monoisotopic (exact) mass is 578 g/mol. The van der Waals surface area contributed by atoms with Crippen LogP contribution >= 0.6 is 19.4 Å². The number of nitrogens with zero attached hydrogens (tertiary/aromatic N) is 2. The van der Waals surface area contributed by atoms with Crippen LogP contribution < -0.4 is 15.5 Å². The van der Waals surface area contributed by atoms with Crippen LogP contribution in [0.5, 0.6) is 5.75 Å². The predicted octanol–water partition coefficient (Wildman–Crippen LogP) is 4.04. The standard InChI is InChI=1S/C24H18ClF2N4O7P/c25-21-20(7-8-29-23(21)28)38-19-6-5-15(9-18(19)27)30-24(33)17-11-31(12-37-39(34,35)36)10-16(22(17)32)13-1-3-14(26)4-2-13/h1-11,21,28H,12H2,(H,30,33)(H2,34,35,36). The first-order valence-electron chi connectivity index (χ1n) is 10.9. The second-order valence-electron chi connectivity index (χ2n) is 7.98. The van der Waals surface area contributed by atoms with Crippen molar-refractivity contribution < 1.29 is 37.2 Å². The smallest absolute Gasteiger partial charge is 0.457 e. The average molecular weight is 579 g/mol. The van der Waals surface area contributed by atoms with Crippen molar-refractivity contribution >= 4 is 43.1 Å². The molecule has 1 unspecified atom stereocenters. The number of rotatable bonds is 8. The summed E-state index contributed by atoms with van der Waals surface area (Å²) in [6.45, 7) is -0.723. The van der Waals surface area contributed by atoms with Gasteiger partial charge in [-0.05, 0) is 35.9 Å². The van der Waals surface area contributed by atoms with Crippen molar-refractivity contribution in [2.24, 2.45) is 4.99 Å². The lowest BCUT2D eigenvalue weighted by Crippen LogP contribution is -2.25. The van der Waals surface area contributed by atoms with Gasteiger partial charge in [0.25, 0.3) is 5.91 Å². The van der Waals surface area contributed by atoms with E-state index in [4.69, 9.17) is 31.5 Å². The van der Waals surface area contributed by atoms with Crippen molar-refractivity contribution in [3.8, 4) is 16.9 Å². The Bertz CT molecular complexity index is 1620. The predicted molar refractivity (Wildman–Crippen MR) is 138 cm³/mol. The lowest BCUT2D eigenvalue weighted by Gasteiger charge is -2.17. The van der Waals surface area contributed by atoms with Gasteiger partial charge in [0.15, 0.2) is 16.9 Å². The fraction of sp³-hybridized carbons (Fsp3) is 0.0833. The van der Waals surface area contributed by atoms with Crippen LogP contribution in [-0.2, 0) is 15.8 Å². The molecule has 0 fully saturated rings. The van der Waals surface area contributed by atoms with E-state index in [1.165, 1.54) is 42.8 Å². The highest BCUT2D eigenvalue weighted by Crippen LogP contribution is 2.36. The third-order valence-corrected chi connectivity index (χ3v) is 6.09. The first kappa shape index (κ1) is 28.0. The van der Waals surface area contributed by atoms with Gasteiger partial charge >= 0.3 is 7.82 Å². The van der Waals surface area contributed by atoms with E-state index < -0.39 is 48.5 Å². The lowest BCUT2D eigenvalue weighted by molar-refractivity contribution is 0.102. The number of carbonyl (C=O) groups is 1. The summed E-state index contributed by atoms with van der Waals surface area (Å²) >= 11 is 6.03. The summed E-state index contributed by atoms with van der Waals surface area (Å²) in [6.07, 6.45) is 4.84. The van der Waals surface area contributed by atoms with Gasteiger partial charge in [-0.15, -0.1) is 11.6 Å². The molecule has 3 aromatic rings. The van der Waals surface area contributed by atoms with Crippen LogP contribution in [-0.4, -0.2) is 37.7 Å². The van der Waals surface area contributed by atoms with E-state index in [0.717, 1.165) is 29.0 Å². The van der Waals surface area contributed by atoms with Crippen LogP contribution in [0.15, 0.2) is 76.5 Å².